The zero-order valence-corrected chi connectivity index (χ0v) is 20.2. The molecule has 0 nitrogen and oxygen atoms in total. The van der Waals surface area contributed by atoms with E-state index in [1.165, 1.54) is 70.6 Å². The van der Waals surface area contributed by atoms with Crippen molar-refractivity contribution in [1.82, 2.24) is 0 Å². The van der Waals surface area contributed by atoms with E-state index in [-0.39, 0.29) is 0 Å². The van der Waals surface area contributed by atoms with Crippen LogP contribution in [0.4, 0.5) is 0 Å². The van der Waals surface area contributed by atoms with Gasteiger partial charge in [0.2, 0.25) is 0 Å². The molecule has 0 saturated heterocycles. The van der Waals surface area contributed by atoms with E-state index in [1.807, 2.05) is 0 Å². The normalized spacial score (nSPS) is 46.5. The van der Waals surface area contributed by atoms with Gasteiger partial charge >= 0.3 is 0 Å². The van der Waals surface area contributed by atoms with E-state index >= 15 is 0 Å². The minimum Gasteiger partial charge on any atom is -0.172 e. The molecule has 0 aliphatic heterocycles. The van der Waals surface area contributed by atoms with Gasteiger partial charge in [-0.15, -0.1) is 0 Å². The molecule has 4 aliphatic carbocycles. The van der Waals surface area contributed by atoms with E-state index < -0.39 is 0 Å². The Bertz CT molecular complexity index is 591. The maximum atomic E-state index is 4.81. The quantitative estimate of drug-likeness (QED) is 0.347. The van der Waals surface area contributed by atoms with Crippen LogP contribution in [0.15, 0.2) is 11.6 Å². The summed E-state index contributed by atoms with van der Waals surface area (Å²) in [5.74, 6) is 5.76. The maximum Gasteiger partial charge on any atom is 0.0199 e. The monoisotopic (exact) mass is 402 g/mol. The van der Waals surface area contributed by atoms with E-state index in [9.17, 15) is 0 Å². The Morgan fingerprint density at radius 1 is 0.964 bits per heavy atom. The summed E-state index contributed by atoms with van der Waals surface area (Å²) in [6, 6.07) is 0. The summed E-state index contributed by atoms with van der Waals surface area (Å²) in [5, 5.41) is 0.524. The molecule has 0 spiro atoms. The van der Waals surface area contributed by atoms with Crippen LogP contribution >= 0.6 is 12.6 Å². The van der Waals surface area contributed by atoms with Gasteiger partial charge < -0.3 is 0 Å². The van der Waals surface area contributed by atoms with E-state index in [0.717, 1.165) is 35.5 Å². The van der Waals surface area contributed by atoms with Crippen molar-refractivity contribution >= 4 is 12.6 Å². The second-order valence-corrected chi connectivity index (χ2v) is 12.8. The van der Waals surface area contributed by atoms with Gasteiger partial charge in [-0.25, -0.2) is 0 Å². The average molecular weight is 403 g/mol. The third-order valence-corrected chi connectivity index (χ3v) is 10.7. The van der Waals surface area contributed by atoms with Crippen LogP contribution in [0.3, 0.4) is 0 Å². The predicted octanol–water partition coefficient (Wildman–Crippen LogP) is 8.33. The van der Waals surface area contributed by atoms with Gasteiger partial charge in [-0.1, -0.05) is 65.5 Å². The lowest BCUT2D eigenvalue weighted by molar-refractivity contribution is -0.0590. The van der Waals surface area contributed by atoms with Crippen LogP contribution in [0.2, 0.25) is 0 Å². The van der Waals surface area contributed by atoms with Crippen molar-refractivity contribution in [2.75, 3.05) is 0 Å². The molecule has 0 aromatic heterocycles. The fraction of sp³-hybridized carbons (Fsp3) is 0.926. The minimum atomic E-state index is 0.504. The zero-order valence-electron chi connectivity index (χ0n) is 19.3. The highest BCUT2D eigenvalue weighted by atomic mass is 32.1. The summed E-state index contributed by atoms with van der Waals surface area (Å²) in [7, 11) is 0. The van der Waals surface area contributed by atoms with Crippen molar-refractivity contribution in [1.29, 1.82) is 0 Å². The van der Waals surface area contributed by atoms with Crippen LogP contribution in [0.25, 0.3) is 0 Å². The number of hydrogen-bond acceptors (Lipinski definition) is 1. The fourth-order valence-electron chi connectivity index (χ4n) is 8.73. The lowest BCUT2D eigenvalue weighted by Crippen LogP contribution is -2.51. The first-order chi connectivity index (χ1) is 13.3. The molecular weight excluding hydrogens is 356 g/mol. The molecule has 28 heavy (non-hydrogen) atoms. The van der Waals surface area contributed by atoms with Crippen LogP contribution in [0, 0.1) is 46.3 Å². The third-order valence-electron chi connectivity index (χ3n) is 10.3. The summed E-state index contributed by atoms with van der Waals surface area (Å²) in [6.07, 6.45) is 18.5. The van der Waals surface area contributed by atoms with Gasteiger partial charge in [-0.05, 0) is 97.7 Å². The molecule has 0 N–H and O–H groups in total. The highest BCUT2D eigenvalue weighted by molar-refractivity contribution is 7.81. The average Bonchev–Trinajstić information content (AvgIpc) is 2.99. The minimum absolute atomic E-state index is 0.504. The van der Waals surface area contributed by atoms with Crippen LogP contribution in [-0.4, -0.2) is 5.25 Å². The van der Waals surface area contributed by atoms with Crippen molar-refractivity contribution in [2.24, 2.45) is 46.3 Å². The molecular formula is C27H46S. The fourth-order valence-corrected chi connectivity index (χ4v) is 9.04. The van der Waals surface area contributed by atoms with Crippen molar-refractivity contribution in [3.63, 3.8) is 0 Å². The van der Waals surface area contributed by atoms with Crippen molar-refractivity contribution in [3.8, 4) is 0 Å². The third kappa shape index (κ3) is 3.54. The van der Waals surface area contributed by atoms with E-state index in [0.29, 0.717) is 16.1 Å². The predicted molar refractivity (Wildman–Crippen MR) is 126 cm³/mol. The van der Waals surface area contributed by atoms with Crippen LogP contribution in [0.1, 0.15) is 105 Å². The van der Waals surface area contributed by atoms with Gasteiger partial charge in [0.05, 0.1) is 0 Å². The second kappa shape index (κ2) is 7.97. The van der Waals surface area contributed by atoms with Gasteiger partial charge in [-0.2, -0.15) is 12.6 Å². The topological polar surface area (TPSA) is 0 Å². The van der Waals surface area contributed by atoms with Crippen LogP contribution in [0.5, 0.6) is 0 Å². The first kappa shape index (κ1) is 21.3. The van der Waals surface area contributed by atoms with Gasteiger partial charge in [-0.3, -0.25) is 0 Å². The zero-order chi connectivity index (χ0) is 20.1. The molecule has 1 heteroatoms. The summed E-state index contributed by atoms with van der Waals surface area (Å²) < 4.78 is 0. The lowest BCUT2D eigenvalue weighted by Gasteiger charge is -2.59. The van der Waals surface area contributed by atoms with Gasteiger partial charge in [0.1, 0.15) is 0 Å². The molecule has 0 amide bonds. The molecule has 0 heterocycles. The number of rotatable bonds is 5. The largest absolute Gasteiger partial charge is 0.172 e. The maximum absolute atomic E-state index is 4.81. The summed E-state index contributed by atoms with van der Waals surface area (Å²) in [4.78, 5) is 0. The van der Waals surface area contributed by atoms with Crippen molar-refractivity contribution < 1.29 is 0 Å². The Labute approximate surface area is 181 Å². The highest BCUT2D eigenvalue weighted by Crippen LogP contribution is 2.67. The molecule has 3 saturated carbocycles. The molecule has 8 atom stereocenters. The van der Waals surface area contributed by atoms with E-state index in [2.05, 4.69) is 40.7 Å². The molecule has 0 bridgehead atoms. The van der Waals surface area contributed by atoms with Gasteiger partial charge in [0.15, 0.2) is 0 Å². The molecule has 0 aromatic rings. The molecule has 3 fully saturated rings. The van der Waals surface area contributed by atoms with Crippen molar-refractivity contribution in [3.05, 3.63) is 11.6 Å². The van der Waals surface area contributed by atoms with Gasteiger partial charge in [0, 0.05) is 5.25 Å². The summed E-state index contributed by atoms with van der Waals surface area (Å²) in [5.41, 5.74) is 2.93. The Morgan fingerprint density at radius 3 is 2.50 bits per heavy atom. The number of hydrogen-bond donors (Lipinski definition) is 1. The highest BCUT2D eigenvalue weighted by Gasteiger charge is 2.59. The number of thiol groups is 1. The lowest BCUT2D eigenvalue weighted by atomic mass is 9.46. The van der Waals surface area contributed by atoms with Crippen LogP contribution < -0.4 is 0 Å². The number of fused-ring (bicyclic) bond motifs is 5. The molecule has 0 radical (unpaired) electrons. The Kier molecular flexibility index (Phi) is 6.07. The molecule has 0 unspecified atom stereocenters. The SMILES string of the molecule is CC(C)CCC[C@H](C)[C@H]1CC[C@H]2[C@@H]3CCC4=C[C@@H](S)CC[C@]4(C)[C@H]3CC[C@]12C. The Morgan fingerprint density at radius 2 is 1.75 bits per heavy atom. The van der Waals surface area contributed by atoms with E-state index in [4.69, 9.17) is 12.6 Å². The Hall–Kier alpha value is 0.0900. The first-order valence-electron chi connectivity index (χ1n) is 12.6. The molecule has 4 rings (SSSR count). The second-order valence-electron chi connectivity index (χ2n) is 12.2. The van der Waals surface area contributed by atoms with Gasteiger partial charge in [0.25, 0.3) is 0 Å². The molecule has 4 aliphatic rings. The summed E-state index contributed by atoms with van der Waals surface area (Å²) in [6.45, 7) is 12.7. The smallest absolute Gasteiger partial charge is 0.0199 e. The van der Waals surface area contributed by atoms with E-state index in [1.54, 1.807) is 5.57 Å². The summed E-state index contributed by atoms with van der Waals surface area (Å²) >= 11 is 4.81. The Balaban J connectivity index is 1.48. The van der Waals surface area contributed by atoms with Crippen LogP contribution in [-0.2, 0) is 0 Å². The molecule has 160 valence electrons. The number of allylic oxidation sites excluding steroid dienone is 1. The first-order valence-corrected chi connectivity index (χ1v) is 13.2. The van der Waals surface area contributed by atoms with Crippen molar-refractivity contribution in [2.45, 2.75) is 110 Å². The molecule has 0 aromatic carbocycles. The standard InChI is InChI=1S/C27H46S/c1-18(2)7-6-8-19(3)23-11-12-24-22-10-9-20-17-21(28)13-15-26(20,4)25(22)14-16-27(23,24)5/h17-19,21-25,28H,6-16H2,1-5H3/t19-,21-,22-,23+,24-,25-,26-,27+/m0/s1.